The SMILES string of the molecule is CC[C@@H](Sc1nc2c(cc1C#N)CCC2)C(=O)Nc1sc2c(c1C#N)CCCC2. The van der Waals surface area contributed by atoms with Crippen molar-refractivity contribution in [2.75, 3.05) is 5.32 Å². The van der Waals surface area contributed by atoms with E-state index < -0.39 is 0 Å². The van der Waals surface area contributed by atoms with Crippen molar-refractivity contribution in [1.82, 2.24) is 4.98 Å². The van der Waals surface area contributed by atoms with Crippen LogP contribution in [-0.4, -0.2) is 16.1 Å². The molecule has 0 unspecified atom stereocenters. The number of amides is 1. The van der Waals surface area contributed by atoms with E-state index in [4.69, 9.17) is 4.98 Å². The summed E-state index contributed by atoms with van der Waals surface area (Å²) in [4.78, 5) is 18.9. The van der Waals surface area contributed by atoms with Crippen molar-refractivity contribution < 1.29 is 4.79 Å². The Morgan fingerprint density at radius 1 is 1.24 bits per heavy atom. The summed E-state index contributed by atoms with van der Waals surface area (Å²) in [6, 6.07) is 6.47. The molecule has 0 bridgehead atoms. The lowest BCUT2D eigenvalue weighted by molar-refractivity contribution is -0.115. The van der Waals surface area contributed by atoms with Crippen LogP contribution in [0, 0.1) is 22.7 Å². The fourth-order valence-corrected chi connectivity index (χ4v) is 6.28. The van der Waals surface area contributed by atoms with Gasteiger partial charge in [0.05, 0.1) is 16.4 Å². The largest absolute Gasteiger partial charge is 0.316 e. The summed E-state index contributed by atoms with van der Waals surface area (Å²) >= 11 is 2.90. The molecule has 29 heavy (non-hydrogen) atoms. The molecule has 2 aromatic heterocycles. The molecule has 2 aromatic rings. The van der Waals surface area contributed by atoms with Gasteiger partial charge < -0.3 is 5.32 Å². The molecule has 2 aliphatic carbocycles. The number of fused-ring (bicyclic) bond motifs is 2. The van der Waals surface area contributed by atoms with Gasteiger partial charge in [0.15, 0.2) is 0 Å². The summed E-state index contributed by atoms with van der Waals surface area (Å²) in [7, 11) is 0. The molecule has 1 N–H and O–H groups in total. The number of aryl methyl sites for hydroxylation is 3. The maximum absolute atomic E-state index is 13.0. The second kappa shape index (κ2) is 8.57. The standard InChI is InChI=1S/C22H22N4OS2/c1-2-18(28-21-14(11-23)10-13-6-5-8-17(13)25-21)20(27)26-22-16(12-24)15-7-3-4-9-19(15)29-22/h10,18H,2-9H2,1H3,(H,26,27)/t18-/m1/s1. The zero-order chi connectivity index (χ0) is 20.4. The van der Waals surface area contributed by atoms with Crippen molar-refractivity contribution in [1.29, 1.82) is 10.5 Å². The normalized spacial score (nSPS) is 15.7. The van der Waals surface area contributed by atoms with Gasteiger partial charge in [0.1, 0.15) is 22.2 Å². The monoisotopic (exact) mass is 422 g/mol. The quantitative estimate of drug-likeness (QED) is 0.702. The second-order valence-corrected chi connectivity index (χ2v) is 9.74. The van der Waals surface area contributed by atoms with Gasteiger partial charge in [0, 0.05) is 10.6 Å². The van der Waals surface area contributed by atoms with E-state index in [0.717, 1.165) is 61.8 Å². The average molecular weight is 423 g/mol. The van der Waals surface area contributed by atoms with Crippen LogP contribution in [0.2, 0.25) is 0 Å². The fourth-order valence-electron chi connectivity index (χ4n) is 4.04. The fraction of sp³-hybridized carbons (Fsp3) is 0.455. The van der Waals surface area contributed by atoms with E-state index in [1.165, 1.54) is 16.6 Å². The zero-order valence-corrected chi connectivity index (χ0v) is 18.0. The highest BCUT2D eigenvalue weighted by Gasteiger charge is 2.26. The number of nitriles is 2. The first-order valence-corrected chi connectivity index (χ1v) is 11.8. The number of carbonyl (C=O) groups is 1. The molecule has 0 saturated heterocycles. The smallest absolute Gasteiger partial charge is 0.238 e. The summed E-state index contributed by atoms with van der Waals surface area (Å²) in [6.07, 6.45) is 7.73. The number of rotatable bonds is 5. The summed E-state index contributed by atoms with van der Waals surface area (Å²) in [5, 5.41) is 23.1. The topological polar surface area (TPSA) is 89.6 Å². The van der Waals surface area contributed by atoms with Crippen molar-refractivity contribution in [2.45, 2.75) is 68.6 Å². The van der Waals surface area contributed by atoms with Crippen LogP contribution in [-0.2, 0) is 30.5 Å². The summed E-state index contributed by atoms with van der Waals surface area (Å²) < 4.78 is 0. The van der Waals surface area contributed by atoms with Gasteiger partial charge in [-0.25, -0.2) is 4.98 Å². The van der Waals surface area contributed by atoms with Gasteiger partial charge in [-0.1, -0.05) is 18.7 Å². The van der Waals surface area contributed by atoms with Crippen molar-refractivity contribution >= 4 is 34.0 Å². The van der Waals surface area contributed by atoms with Gasteiger partial charge >= 0.3 is 0 Å². The van der Waals surface area contributed by atoms with Gasteiger partial charge in [-0.3, -0.25) is 4.79 Å². The van der Waals surface area contributed by atoms with Crippen LogP contribution in [0.25, 0.3) is 0 Å². The number of anilines is 1. The Hall–Kier alpha value is -2.35. The molecular weight excluding hydrogens is 400 g/mol. The number of hydrogen-bond donors (Lipinski definition) is 1. The Morgan fingerprint density at radius 3 is 2.83 bits per heavy atom. The molecule has 7 heteroatoms. The molecule has 0 spiro atoms. The summed E-state index contributed by atoms with van der Waals surface area (Å²) in [5.74, 6) is -0.126. The lowest BCUT2D eigenvalue weighted by Gasteiger charge is -2.15. The van der Waals surface area contributed by atoms with E-state index in [-0.39, 0.29) is 11.2 Å². The molecule has 0 radical (unpaired) electrons. The van der Waals surface area contributed by atoms with Crippen molar-refractivity contribution in [3.05, 3.63) is 38.9 Å². The third-order valence-corrected chi connectivity index (χ3v) is 8.15. The van der Waals surface area contributed by atoms with E-state index in [0.29, 0.717) is 27.6 Å². The third-order valence-electron chi connectivity index (χ3n) is 5.57. The molecular formula is C22H22N4OS2. The van der Waals surface area contributed by atoms with Crippen molar-refractivity contribution in [3.8, 4) is 12.1 Å². The highest BCUT2D eigenvalue weighted by molar-refractivity contribution is 8.00. The minimum Gasteiger partial charge on any atom is -0.316 e. The Labute approximate surface area is 179 Å². The molecule has 0 saturated carbocycles. The highest BCUT2D eigenvalue weighted by atomic mass is 32.2. The molecule has 2 heterocycles. The van der Waals surface area contributed by atoms with Crippen molar-refractivity contribution in [2.24, 2.45) is 0 Å². The molecule has 1 atom stereocenters. The Balaban J connectivity index is 1.55. The second-order valence-electron chi connectivity index (χ2n) is 7.44. The van der Waals surface area contributed by atoms with E-state index in [2.05, 4.69) is 17.5 Å². The Kier molecular flexibility index (Phi) is 5.89. The van der Waals surface area contributed by atoms with Crippen LogP contribution in [0.15, 0.2) is 11.1 Å². The van der Waals surface area contributed by atoms with Gasteiger partial charge in [-0.05, 0) is 68.6 Å². The molecule has 0 aliphatic heterocycles. The lowest BCUT2D eigenvalue weighted by Crippen LogP contribution is -2.24. The number of nitrogens with one attached hydrogen (secondary N) is 1. The van der Waals surface area contributed by atoms with E-state index in [9.17, 15) is 15.3 Å². The first-order valence-electron chi connectivity index (χ1n) is 10.1. The predicted molar refractivity (Wildman–Crippen MR) is 115 cm³/mol. The highest BCUT2D eigenvalue weighted by Crippen LogP contribution is 2.38. The molecule has 4 rings (SSSR count). The minimum absolute atomic E-state index is 0.126. The van der Waals surface area contributed by atoms with Crippen LogP contribution >= 0.6 is 23.1 Å². The van der Waals surface area contributed by atoms with E-state index >= 15 is 0 Å². The predicted octanol–water partition coefficient (Wildman–Crippen LogP) is 4.76. The first-order chi connectivity index (χ1) is 14.1. The van der Waals surface area contributed by atoms with Gasteiger partial charge in [-0.15, -0.1) is 11.3 Å². The van der Waals surface area contributed by atoms with Crippen LogP contribution in [0.1, 0.15) is 65.4 Å². The average Bonchev–Trinajstić information content (AvgIpc) is 3.33. The van der Waals surface area contributed by atoms with Gasteiger partial charge in [0.2, 0.25) is 5.91 Å². The number of nitrogens with zero attached hydrogens (tertiary/aromatic N) is 3. The van der Waals surface area contributed by atoms with Crippen LogP contribution in [0.4, 0.5) is 5.00 Å². The van der Waals surface area contributed by atoms with Crippen LogP contribution in [0.5, 0.6) is 0 Å². The van der Waals surface area contributed by atoms with Gasteiger partial charge in [-0.2, -0.15) is 10.5 Å². The summed E-state index contributed by atoms with van der Waals surface area (Å²) in [6.45, 7) is 1.96. The molecule has 1 amide bonds. The maximum atomic E-state index is 13.0. The minimum atomic E-state index is -0.361. The number of thioether (sulfide) groups is 1. The zero-order valence-electron chi connectivity index (χ0n) is 16.4. The molecule has 2 aliphatic rings. The third kappa shape index (κ3) is 3.90. The number of carbonyl (C=O) groups excluding carboxylic acids is 1. The van der Waals surface area contributed by atoms with Gasteiger partial charge in [0.25, 0.3) is 0 Å². The van der Waals surface area contributed by atoms with Crippen LogP contribution < -0.4 is 5.32 Å². The first kappa shape index (κ1) is 19.9. The molecule has 148 valence electrons. The molecule has 0 fully saturated rings. The number of thiophene rings is 1. The number of pyridine rings is 1. The van der Waals surface area contributed by atoms with E-state index in [1.807, 2.05) is 13.0 Å². The van der Waals surface area contributed by atoms with Crippen LogP contribution in [0.3, 0.4) is 0 Å². The summed E-state index contributed by atoms with van der Waals surface area (Å²) in [5.41, 5.74) is 4.51. The Morgan fingerprint density at radius 2 is 2.07 bits per heavy atom. The lowest BCUT2D eigenvalue weighted by atomic mass is 9.96. The maximum Gasteiger partial charge on any atom is 0.238 e. The molecule has 5 nitrogen and oxygen atoms in total. The number of aromatic nitrogens is 1. The number of hydrogen-bond acceptors (Lipinski definition) is 6. The van der Waals surface area contributed by atoms with Crippen molar-refractivity contribution in [3.63, 3.8) is 0 Å². The van der Waals surface area contributed by atoms with E-state index in [1.54, 1.807) is 11.3 Å². The molecule has 0 aromatic carbocycles. The Bertz CT molecular complexity index is 1040.